The van der Waals surface area contributed by atoms with Gasteiger partial charge in [-0.3, -0.25) is 5.41 Å². The Morgan fingerprint density at radius 3 is 1.59 bits per heavy atom. The molecule has 1 heterocycles. The highest BCUT2D eigenvalue weighted by molar-refractivity contribution is 7.98. The van der Waals surface area contributed by atoms with Crippen molar-refractivity contribution in [2.75, 3.05) is 25.7 Å². The third-order valence-corrected chi connectivity index (χ3v) is 7.93. The molecule has 0 saturated carbocycles. The number of unbranched alkanes of at least 4 members (excludes halogenated alkanes) is 2. The van der Waals surface area contributed by atoms with Gasteiger partial charge in [0.25, 0.3) is 0 Å². The molecule has 0 amide bonds. The lowest BCUT2D eigenvalue weighted by atomic mass is 9.91. The number of rotatable bonds is 14. The highest BCUT2D eigenvalue weighted by Crippen LogP contribution is 2.28. The first-order chi connectivity index (χ1) is 18.1. The number of ether oxygens (including phenoxy) is 2. The van der Waals surface area contributed by atoms with Gasteiger partial charge in [-0.15, -0.1) is 23.5 Å². The van der Waals surface area contributed by atoms with Gasteiger partial charge in [0.1, 0.15) is 17.3 Å². The van der Waals surface area contributed by atoms with Crippen molar-refractivity contribution < 1.29 is 9.47 Å². The van der Waals surface area contributed by atoms with Crippen LogP contribution in [0, 0.1) is 5.41 Å². The fourth-order valence-corrected chi connectivity index (χ4v) is 5.28. The fraction of sp³-hybridized carbons (Fsp3) is 0.333. The number of nitrogens with one attached hydrogen (secondary N) is 1. The Bertz CT molecular complexity index is 1220. The molecule has 3 N–H and O–H groups in total. The highest BCUT2D eigenvalue weighted by atomic mass is 32.2. The van der Waals surface area contributed by atoms with Crippen LogP contribution in [0.5, 0.6) is 11.5 Å². The van der Waals surface area contributed by atoms with E-state index in [1.807, 2.05) is 24.3 Å². The van der Waals surface area contributed by atoms with E-state index in [1.165, 1.54) is 15.4 Å². The molecular weight excluding hydrogens is 498 g/mol. The number of amidine groups is 2. The molecule has 7 heteroatoms. The topological polar surface area (TPSA) is 80.7 Å². The van der Waals surface area contributed by atoms with Crippen LogP contribution in [-0.4, -0.2) is 37.4 Å². The Morgan fingerprint density at radius 1 is 0.676 bits per heavy atom. The van der Waals surface area contributed by atoms with Crippen LogP contribution in [0.15, 0.2) is 75.4 Å². The maximum Gasteiger partial charge on any atom is 0.155 e. The van der Waals surface area contributed by atoms with Crippen LogP contribution in [0.1, 0.15) is 47.9 Å². The summed E-state index contributed by atoms with van der Waals surface area (Å²) in [6.45, 7) is 1.36. The molecule has 37 heavy (non-hydrogen) atoms. The predicted octanol–water partition coefficient (Wildman–Crippen LogP) is 6.98. The van der Waals surface area contributed by atoms with E-state index in [2.05, 4.69) is 53.9 Å². The number of hydrogen-bond acceptors (Lipinski definition) is 6. The average Bonchev–Trinajstić information content (AvgIpc) is 3.23. The van der Waals surface area contributed by atoms with Crippen molar-refractivity contribution in [3.63, 3.8) is 0 Å². The Labute approximate surface area is 228 Å². The molecule has 0 atom stereocenters. The predicted molar refractivity (Wildman–Crippen MR) is 157 cm³/mol. The Kier molecular flexibility index (Phi) is 9.97. The summed E-state index contributed by atoms with van der Waals surface area (Å²) in [6, 6.07) is 20.7. The van der Waals surface area contributed by atoms with E-state index in [1.54, 1.807) is 23.5 Å². The monoisotopic (exact) mass is 533 g/mol. The van der Waals surface area contributed by atoms with Crippen molar-refractivity contribution in [3.8, 4) is 11.5 Å². The lowest BCUT2D eigenvalue weighted by Gasteiger charge is -2.14. The Hall–Kier alpha value is -2.90. The van der Waals surface area contributed by atoms with E-state index in [0.29, 0.717) is 19.0 Å². The second-order valence-corrected chi connectivity index (χ2v) is 10.7. The van der Waals surface area contributed by atoms with E-state index in [0.717, 1.165) is 66.7 Å². The van der Waals surface area contributed by atoms with Crippen LogP contribution in [-0.2, 0) is 12.8 Å². The maximum absolute atomic E-state index is 8.41. The van der Waals surface area contributed by atoms with Crippen molar-refractivity contribution in [2.24, 2.45) is 10.7 Å². The number of fused-ring (bicyclic) bond motifs is 1. The number of thioether (sulfide) groups is 2. The van der Waals surface area contributed by atoms with E-state index in [-0.39, 0.29) is 5.84 Å². The molecule has 3 aromatic rings. The average molecular weight is 534 g/mol. The molecule has 0 aromatic heterocycles. The van der Waals surface area contributed by atoms with E-state index < -0.39 is 0 Å². The zero-order chi connectivity index (χ0) is 26.0. The van der Waals surface area contributed by atoms with Crippen molar-refractivity contribution in [3.05, 3.63) is 82.9 Å². The van der Waals surface area contributed by atoms with Gasteiger partial charge in [0.05, 0.1) is 13.2 Å². The molecular formula is C30H35N3O2S2. The molecule has 4 rings (SSSR count). The van der Waals surface area contributed by atoms with Crippen LogP contribution < -0.4 is 15.2 Å². The van der Waals surface area contributed by atoms with Gasteiger partial charge in [0.2, 0.25) is 0 Å². The number of benzene rings is 3. The van der Waals surface area contributed by atoms with Crippen LogP contribution in [0.4, 0.5) is 0 Å². The normalized spacial score (nSPS) is 12.4. The summed E-state index contributed by atoms with van der Waals surface area (Å²) >= 11 is 3.45. The molecule has 0 fully saturated rings. The first kappa shape index (κ1) is 27.1. The molecule has 0 aliphatic carbocycles. The molecule has 0 saturated heterocycles. The lowest BCUT2D eigenvalue weighted by molar-refractivity contribution is 0.306. The number of nitrogens with two attached hydrogens (primary N) is 1. The third-order valence-electron chi connectivity index (χ3n) is 6.44. The van der Waals surface area contributed by atoms with E-state index in [9.17, 15) is 0 Å². The number of aryl methyl sites for hydroxylation is 2. The Balaban J connectivity index is 1.26. The van der Waals surface area contributed by atoms with E-state index in [4.69, 9.17) is 20.6 Å². The second-order valence-electron chi connectivity index (χ2n) is 8.94. The highest BCUT2D eigenvalue weighted by Gasteiger charge is 2.24. The summed E-state index contributed by atoms with van der Waals surface area (Å²) in [5, 5.41) is 8.41. The van der Waals surface area contributed by atoms with Gasteiger partial charge in [-0.1, -0.05) is 12.1 Å². The summed E-state index contributed by atoms with van der Waals surface area (Å²) < 4.78 is 11.8. The van der Waals surface area contributed by atoms with Gasteiger partial charge in [0.15, 0.2) is 5.84 Å². The first-order valence-electron chi connectivity index (χ1n) is 12.7. The summed E-state index contributed by atoms with van der Waals surface area (Å²) in [5.74, 6) is 2.57. The van der Waals surface area contributed by atoms with Gasteiger partial charge in [-0.2, -0.15) is 0 Å². The van der Waals surface area contributed by atoms with Gasteiger partial charge in [-0.05, 0) is 111 Å². The van der Waals surface area contributed by atoms with Crippen LogP contribution >= 0.6 is 23.5 Å². The molecule has 3 aromatic carbocycles. The molecule has 1 aliphatic rings. The van der Waals surface area contributed by atoms with Gasteiger partial charge in [0, 0.05) is 20.9 Å². The quantitative estimate of drug-likeness (QED) is 0.173. The third kappa shape index (κ3) is 7.33. The minimum atomic E-state index is 0.284. The van der Waals surface area contributed by atoms with Crippen LogP contribution in [0.2, 0.25) is 0 Å². The fourth-order valence-electron chi connectivity index (χ4n) is 4.46. The van der Waals surface area contributed by atoms with Gasteiger partial charge < -0.3 is 15.2 Å². The summed E-state index contributed by atoms with van der Waals surface area (Å²) in [6.07, 6.45) is 9.79. The lowest BCUT2D eigenvalue weighted by Crippen LogP contribution is -2.15. The van der Waals surface area contributed by atoms with Gasteiger partial charge >= 0.3 is 0 Å². The second kappa shape index (κ2) is 13.6. The van der Waals surface area contributed by atoms with Crippen molar-refractivity contribution in [1.82, 2.24) is 0 Å². The molecule has 5 nitrogen and oxygen atoms in total. The largest absolute Gasteiger partial charge is 0.494 e. The zero-order valence-electron chi connectivity index (χ0n) is 21.6. The molecule has 0 unspecified atom stereocenters. The standard InChI is InChI=1S/C30H35N3O2S2/c1-36-25-15-11-23(12-16-25)34-19-5-3-7-21-9-10-22(28-27(21)29(31)33-30(28)32)8-4-6-20-35-24-13-17-26(37-2)18-14-24/h9-18H,3-8,19-20H2,1-2H3,(H3,31,32,33). The summed E-state index contributed by atoms with van der Waals surface area (Å²) in [5.41, 5.74) is 10.4. The zero-order valence-corrected chi connectivity index (χ0v) is 23.2. The minimum absolute atomic E-state index is 0.284. The number of hydrogen-bond donors (Lipinski definition) is 2. The Morgan fingerprint density at radius 2 is 1.14 bits per heavy atom. The molecule has 194 valence electrons. The first-order valence-corrected chi connectivity index (χ1v) is 15.2. The number of aliphatic imine (C=N–C) groups is 1. The van der Waals surface area contributed by atoms with Gasteiger partial charge in [-0.25, -0.2) is 4.99 Å². The van der Waals surface area contributed by atoms with Crippen LogP contribution in [0.25, 0.3) is 0 Å². The maximum atomic E-state index is 8.41. The van der Waals surface area contributed by atoms with Crippen LogP contribution in [0.3, 0.4) is 0 Å². The molecule has 0 radical (unpaired) electrons. The van der Waals surface area contributed by atoms with Crippen molar-refractivity contribution in [1.29, 1.82) is 5.41 Å². The number of nitrogens with zero attached hydrogens (tertiary/aromatic N) is 1. The molecule has 0 bridgehead atoms. The summed E-state index contributed by atoms with van der Waals surface area (Å²) in [7, 11) is 0. The van der Waals surface area contributed by atoms with Crippen molar-refractivity contribution >= 4 is 35.2 Å². The molecule has 0 spiro atoms. The summed E-state index contributed by atoms with van der Waals surface area (Å²) in [4.78, 5) is 6.77. The van der Waals surface area contributed by atoms with E-state index >= 15 is 0 Å². The van der Waals surface area contributed by atoms with Crippen molar-refractivity contribution in [2.45, 2.75) is 48.3 Å². The minimum Gasteiger partial charge on any atom is -0.494 e. The smallest absolute Gasteiger partial charge is 0.155 e. The molecule has 1 aliphatic heterocycles. The SMILES string of the molecule is CSc1ccc(OCCCCc2ccc(CCCCOc3ccc(SC)cc3)c3c2C(=N)N=C3N)cc1.